The van der Waals surface area contributed by atoms with Gasteiger partial charge in [-0.1, -0.05) is 35.5 Å². The molecule has 0 spiro atoms. The molecule has 1 saturated heterocycles. The fourth-order valence-corrected chi connectivity index (χ4v) is 2.66. The van der Waals surface area contributed by atoms with E-state index in [2.05, 4.69) is 31.4 Å². The van der Waals surface area contributed by atoms with Crippen LogP contribution in [0, 0.1) is 0 Å². The van der Waals surface area contributed by atoms with E-state index < -0.39 is 0 Å². The molecule has 90 valence electrons. The van der Waals surface area contributed by atoms with E-state index in [-0.39, 0.29) is 11.3 Å². The smallest absolute Gasteiger partial charge is 0.223 e. The van der Waals surface area contributed by atoms with E-state index in [1.807, 2.05) is 35.3 Å². The van der Waals surface area contributed by atoms with Crippen LogP contribution >= 0.6 is 0 Å². The normalized spacial score (nSPS) is 29.8. The minimum absolute atomic E-state index is 0.0325. The third kappa shape index (κ3) is 1.60. The first-order valence-electron chi connectivity index (χ1n) is 5.90. The number of hydrogen-bond donors (Lipinski definition) is 1. The molecule has 0 radical (unpaired) electrons. The van der Waals surface area contributed by atoms with Gasteiger partial charge in [0.25, 0.3) is 0 Å². The van der Waals surface area contributed by atoms with Crippen molar-refractivity contribution < 1.29 is 4.84 Å². The van der Waals surface area contributed by atoms with Crippen LogP contribution in [0.2, 0.25) is 0 Å². The average molecular weight is 231 g/mol. The Morgan fingerprint density at radius 2 is 1.94 bits per heavy atom. The fraction of sp³-hybridized carbons (Fsp3) is 0.462. The van der Waals surface area contributed by atoms with Gasteiger partial charge in [-0.15, -0.1) is 0 Å². The van der Waals surface area contributed by atoms with E-state index in [0.29, 0.717) is 0 Å². The Hall–Kier alpha value is -1.55. The lowest BCUT2D eigenvalue weighted by molar-refractivity contribution is -0.0723. The van der Waals surface area contributed by atoms with Crippen molar-refractivity contribution in [2.45, 2.75) is 38.5 Å². The average Bonchev–Trinajstić information content (AvgIpc) is 2.67. The van der Waals surface area contributed by atoms with Gasteiger partial charge in [0.2, 0.25) is 5.72 Å². The molecule has 3 rings (SSSR count). The Balaban J connectivity index is 1.96. The summed E-state index contributed by atoms with van der Waals surface area (Å²) in [5.41, 5.74) is 4.20. The number of benzene rings is 1. The maximum Gasteiger partial charge on any atom is 0.223 e. The number of fused-ring (bicyclic) bond motifs is 1. The summed E-state index contributed by atoms with van der Waals surface area (Å²) in [5, 5.41) is 6.25. The van der Waals surface area contributed by atoms with Crippen LogP contribution < -0.4 is 5.43 Å². The Morgan fingerprint density at radius 1 is 1.24 bits per heavy atom. The molecule has 4 nitrogen and oxygen atoms in total. The van der Waals surface area contributed by atoms with Crippen molar-refractivity contribution in [3.8, 4) is 0 Å². The van der Waals surface area contributed by atoms with E-state index in [1.165, 1.54) is 0 Å². The lowest BCUT2D eigenvalue weighted by Gasteiger charge is -2.25. The van der Waals surface area contributed by atoms with E-state index in [4.69, 9.17) is 4.84 Å². The molecule has 4 heteroatoms. The van der Waals surface area contributed by atoms with Gasteiger partial charge in [0.15, 0.2) is 5.84 Å². The molecule has 0 aliphatic carbocycles. The first-order chi connectivity index (χ1) is 8.00. The van der Waals surface area contributed by atoms with Crippen molar-refractivity contribution in [2.75, 3.05) is 0 Å². The van der Waals surface area contributed by atoms with Crippen molar-refractivity contribution in [1.29, 1.82) is 0 Å². The summed E-state index contributed by atoms with van der Waals surface area (Å²) in [6.45, 7) is 6.40. The zero-order chi connectivity index (χ0) is 12.1. The molecule has 1 unspecified atom stereocenters. The number of hydrogen-bond acceptors (Lipinski definition) is 4. The molecule has 1 aromatic rings. The highest BCUT2D eigenvalue weighted by Crippen LogP contribution is 2.38. The number of nitrogens with zero attached hydrogens (tertiary/aromatic N) is 2. The number of amidine groups is 1. The molecule has 17 heavy (non-hydrogen) atoms. The maximum atomic E-state index is 5.62. The van der Waals surface area contributed by atoms with Crippen molar-refractivity contribution in [1.82, 2.24) is 10.4 Å². The zero-order valence-electron chi connectivity index (χ0n) is 10.4. The fourth-order valence-electron chi connectivity index (χ4n) is 2.66. The summed E-state index contributed by atoms with van der Waals surface area (Å²) in [6, 6.07) is 10.1. The largest absolute Gasteiger partial charge is 0.364 e. The lowest BCUT2D eigenvalue weighted by Crippen LogP contribution is -2.48. The van der Waals surface area contributed by atoms with Crippen LogP contribution in [0.4, 0.5) is 0 Å². The standard InChI is InChI=1S/C13H17N3O/c1-12(2)9-13(3)16(15-12)11(14-17-13)10-7-5-4-6-8-10/h4-8,15H,9H2,1-3H3. The summed E-state index contributed by atoms with van der Waals surface area (Å²) >= 11 is 0. The summed E-state index contributed by atoms with van der Waals surface area (Å²) in [4.78, 5) is 5.62. The second kappa shape index (κ2) is 3.23. The SMILES string of the molecule is CC1(C)CC2(C)ON=C(c3ccccc3)N2N1. The van der Waals surface area contributed by atoms with Crippen LogP contribution in [-0.4, -0.2) is 22.1 Å². The lowest BCUT2D eigenvalue weighted by atomic mass is 9.97. The topological polar surface area (TPSA) is 36.9 Å². The van der Waals surface area contributed by atoms with Crippen molar-refractivity contribution in [3.05, 3.63) is 35.9 Å². The second-order valence-corrected chi connectivity index (χ2v) is 5.56. The zero-order valence-corrected chi connectivity index (χ0v) is 10.4. The molecule has 1 N–H and O–H groups in total. The van der Waals surface area contributed by atoms with Gasteiger partial charge in [0.05, 0.1) is 0 Å². The van der Waals surface area contributed by atoms with Gasteiger partial charge >= 0.3 is 0 Å². The minimum Gasteiger partial charge on any atom is -0.364 e. The van der Waals surface area contributed by atoms with Gasteiger partial charge in [0.1, 0.15) is 0 Å². The predicted octanol–water partition coefficient (Wildman–Crippen LogP) is 2.08. The predicted molar refractivity (Wildman–Crippen MR) is 66.1 cm³/mol. The van der Waals surface area contributed by atoms with E-state index in [9.17, 15) is 0 Å². The summed E-state index contributed by atoms with van der Waals surface area (Å²) in [6.07, 6.45) is 0.903. The van der Waals surface area contributed by atoms with Gasteiger partial charge in [-0.05, 0) is 20.8 Å². The molecule has 1 aromatic carbocycles. The van der Waals surface area contributed by atoms with Crippen LogP contribution in [-0.2, 0) is 4.84 Å². The van der Waals surface area contributed by atoms with Gasteiger partial charge < -0.3 is 4.84 Å². The van der Waals surface area contributed by atoms with Crippen LogP contribution in [0.5, 0.6) is 0 Å². The van der Waals surface area contributed by atoms with Crippen LogP contribution in [0.1, 0.15) is 32.8 Å². The van der Waals surface area contributed by atoms with Gasteiger partial charge in [-0.25, -0.2) is 10.4 Å². The summed E-state index contributed by atoms with van der Waals surface area (Å²) in [5.74, 6) is 0.860. The van der Waals surface area contributed by atoms with Crippen LogP contribution in [0.3, 0.4) is 0 Å². The molecular formula is C13H17N3O. The van der Waals surface area contributed by atoms with Crippen molar-refractivity contribution in [2.24, 2.45) is 5.16 Å². The monoisotopic (exact) mass is 231 g/mol. The quantitative estimate of drug-likeness (QED) is 0.804. The molecule has 0 saturated carbocycles. The highest BCUT2D eigenvalue weighted by atomic mass is 16.7. The molecule has 1 atom stereocenters. The number of rotatable bonds is 1. The minimum atomic E-state index is -0.366. The molecule has 0 bridgehead atoms. The number of hydrazine groups is 1. The van der Waals surface area contributed by atoms with E-state index in [0.717, 1.165) is 17.8 Å². The number of oxime groups is 1. The highest BCUT2D eigenvalue weighted by Gasteiger charge is 2.53. The molecule has 2 heterocycles. The second-order valence-electron chi connectivity index (χ2n) is 5.56. The summed E-state index contributed by atoms with van der Waals surface area (Å²) in [7, 11) is 0. The molecule has 1 fully saturated rings. The van der Waals surface area contributed by atoms with E-state index >= 15 is 0 Å². The molecular weight excluding hydrogens is 214 g/mol. The number of nitrogens with one attached hydrogen (secondary N) is 1. The Kier molecular flexibility index (Phi) is 2.01. The van der Waals surface area contributed by atoms with Crippen molar-refractivity contribution >= 4 is 5.84 Å². The van der Waals surface area contributed by atoms with Crippen molar-refractivity contribution in [3.63, 3.8) is 0 Å². The maximum absolute atomic E-state index is 5.62. The third-order valence-electron chi connectivity index (χ3n) is 3.23. The van der Waals surface area contributed by atoms with Gasteiger partial charge in [0, 0.05) is 17.5 Å². The Morgan fingerprint density at radius 3 is 2.65 bits per heavy atom. The van der Waals surface area contributed by atoms with Crippen LogP contribution in [0.15, 0.2) is 35.5 Å². The third-order valence-corrected chi connectivity index (χ3v) is 3.23. The van der Waals surface area contributed by atoms with Crippen LogP contribution in [0.25, 0.3) is 0 Å². The molecule has 2 aliphatic heterocycles. The van der Waals surface area contributed by atoms with Gasteiger partial charge in [-0.2, -0.15) is 0 Å². The molecule has 0 amide bonds. The van der Waals surface area contributed by atoms with Gasteiger partial charge in [-0.3, -0.25) is 0 Å². The first kappa shape index (κ1) is 10.6. The Bertz CT molecular complexity index is 469. The molecule has 2 aliphatic rings. The Labute approximate surface area is 101 Å². The molecule has 0 aromatic heterocycles. The summed E-state index contributed by atoms with van der Waals surface area (Å²) < 4.78 is 0. The highest BCUT2D eigenvalue weighted by molar-refractivity contribution is 5.99. The van der Waals surface area contributed by atoms with E-state index in [1.54, 1.807) is 0 Å². The first-order valence-corrected chi connectivity index (χ1v) is 5.90.